The Bertz CT molecular complexity index is 616. The van der Waals surface area contributed by atoms with E-state index in [1.807, 2.05) is 19.1 Å². The molecule has 17 heavy (non-hydrogen) atoms. The van der Waals surface area contributed by atoms with Gasteiger partial charge in [-0.3, -0.25) is 4.18 Å². The average molecular weight is 254 g/mol. The first-order valence-electron chi connectivity index (χ1n) is 4.74. The lowest BCUT2D eigenvalue weighted by Crippen LogP contribution is -2.02. The summed E-state index contributed by atoms with van der Waals surface area (Å²) in [6.07, 6.45) is 0. The normalized spacial score (nSPS) is 11.6. The van der Waals surface area contributed by atoms with Crippen molar-refractivity contribution in [3.8, 4) is 11.5 Å². The quantitative estimate of drug-likeness (QED) is 0.769. The van der Waals surface area contributed by atoms with Crippen molar-refractivity contribution < 1.29 is 17.0 Å². The molecule has 1 aromatic carbocycles. The number of benzene rings is 1. The molecule has 0 atom stereocenters. The van der Waals surface area contributed by atoms with Gasteiger partial charge in [-0.2, -0.15) is 8.42 Å². The molecule has 2 rings (SSSR count). The van der Waals surface area contributed by atoms with Gasteiger partial charge < -0.3 is 4.42 Å². The number of nitrogens with zero attached hydrogens (tertiary/aromatic N) is 2. The summed E-state index contributed by atoms with van der Waals surface area (Å²) in [6.45, 7) is 1.94. The second-order valence-corrected chi connectivity index (χ2v) is 4.95. The van der Waals surface area contributed by atoms with Gasteiger partial charge in [-0.25, -0.2) is 0 Å². The molecule has 0 unspecified atom stereocenters. The van der Waals surface area contributed by atoms with Crippen molar-refractivity contribution in [1.82, 2.24) is 10.2 Å². The van der Waals surface area contributed by atoms with Crippen LogP contribution in [0.5, 0.6) is 0 Å². The molecule has 1 heterocycles. The van der Waals surface area contributed by atoms with Crippen LogP contribution in [-0.2, 0) is 14.3 Å². The molecule has 0 aliphatic heterocycles. The van der Waals surface area contributed by atoms with E-state index in [4.69, 9.17) is 4.42 Å². The molecule has 1 aromatic heterocycles. The highest BCUT2D eigenvalue weighted by atomic mass is 32.2. The summed E-state index contributed by atoms with van der Waals surface area (Å²) in [5.41, 5.74) is 1.73. The standard InChI is InChI=1S/C10H10N2O4S/c1-7-3-5-8(6-4-7)9-11-12-10(16-9)17(13,14)15-2/h3-6H,1-2H3. The van der Waals surface area contributed by atoms with E-state index in [1.165, 1.54) is 0 Å². The van der Waals surface area contributed by atoms with Crippen LogP contribution >= 0.6 is 0 Å². The summed E-state index contributed by atoms with van der Waals surface area (Å²) in [5.74, 6) is 0.139. The topological polar surface area (TPSA) is 82.3 Å². The Morgan fingerprint density at radius 3 is 2.41 bits per heavy atom. The number of aromatic nitrogens is 2. The van der Waals surface area contributed by atoms with Gasteiger partial charge in [-0.05, 0) is 19.1 Å². The van der Waals surface area contributed by atoms with Crippen LogP contribution in [0.1, 0.15) is 5.56 Å². The third-order valence-electron chi connectivity index (χ3n) is 2.14. The predicted octanol–water partition coefficient (Wildman–Crippen LogP) is 1.38. The Labute approximate surface area is 98.4 Å². The second-order valence-electron chi connectivity index (χ2n) is 3.36. The highest BCUT2D eigenvalue weighted by Gasteiger charge is 2.22. The molecular weight excluding hydrogens is 244 g/mol. The smallest absolute Gasteiger partial charge is 0.364 e. The third-order valence-corrected chi connectivity index (χ3v) is 3.17. The highest BCUT2D eigenvalue weighted by Crippen LogP contribution is 2.20. The molecule has 90 valence electrons. The van der Waals surface area contributed by atoms with E-state index in [0.717, 1.165) is 12.7 Å². The van der Waals surface area contributed by atoms with Crippen molar-refractivity contribution in [2.24, 2.45) is 0 Å². The molecule has 0 aliphatic carbocycles. The Morgan fingerprint density at radius 2 is 1.82 bits per heavy atom. The van der Waals surface area contributed by atoms with Crippen LogP contribution in [0, 0.1) is 6.92 Å². The zero-order valence-corrected chi connectivity index (χ0v) is 10.1. The fraction of sp³-hybridized carbons (Fsp3) is 0.200. The fourth-order valence-electron chi connectivity index (χ4n) is 1.19. The van der Waals surface area contributed by atoms with Gasteiger partial charge >= 0.3 is 15.3 Å². The van der Waals surface area contributed by atoms with Crippen molar-refractivity contribution in [2.75, 3.05) is 7.11 Å². The first kappa shape index (κ1) is 11.7. The molecular formula is C10H10N2O4S. The molecule has 0 spiro atoms. The van der Waals surface area contributed by atoms with E-state index >= 15 is 0 Å². The maximum Gasteiger partial charge on any atom is 0.364 e. The Balaban J connectivity index is 2.40. The van der Waals surface area contributed by atoms with Gasteiger partial charge in [0, 0.05) is 5.56 Å². The molecule has 0 amide bonds. The van der Waals surface area contributed by atoms with Crippen molar-refractivity contribution in [1.29, 1.82) is 0 Å². The number of rotatable bonds is 3. The minimum Gasteiger partial charge on any atom is -0.406 e. The van der Waals surface area contributed by atoms with Gasteiger partial charge in [0.05, 0.1) is 7.11 Å². The molecule has 0 N–H and O–H groups in total. The van der Waals surface area contributed by atoms with E-state index in [1.54, 1.807) is 12.1 Å². The van der Waals surface area contributed by atoms with Crippen LogP contribution in [0.25, 0.3) is 11.5 Å². The zero-order chi connectivity index (χ0) is 12.5. The monoisotopic (exact) mass is 254 g/mol. The maximum atomic E-state index is 11.3. The highest BCUT2D eigenvalue weighted by molar-refractivity contribution is 7.86. The molecule has 0 radical (unpaired) electrons. The molecule has 0 fully saturated rings. The molecule has 0 saturated carbocycles. The minimum atomic E-state index is -3.93. The largest absolute Gasteiger partial charge is 0.406 e. The molecule has 0 aliphatic rings. The van der Waals surface area contributed by atoms with Crippen molar-refractivity contribution in [3.05, 3.63) is 29.8 Å². The maximum absolute atomic E-state index is 11.3. The van der Waals surface area contributed by atoms with E-state index in [9.17, 15) is 8.42 Å². The number of hydrogen-bond donors (Lipinski definition) is 0. The molecule has 2 aromatic rings. The Hall–Kier alpha value is -1.73. The van der Waals surface area contributed by atoms with Gasteiger partial charge in [0.1, 0.15) is 0 Å². The Morgan fingerprint density at radius 1 is 1.18 bits per heavy atom. The van der Waals surface area contributed by atoms with Crippen molar-refractivity contribution >= 4 is 10.1 Å². The van der Waals surface area contributed by atoms with Gasteiger partial charge in [-0.15, -0.1) is 5.10 Å². The molecule has 0 bridgehead atoms. The summed E-state index contributed by atoms with van der Waals surface area (Å²) in [6, 6.07) is 7.27. The first-order chi connectivity index (χ1) is 8.03. The van der Waals surface area contributed by atoms with Crippen molar-refractivity contribution in [3.63, 3.8) is 0 Å². The summed E-state index contributed by atoms with van der Waals surface area (Å²) < 4.78 is 31.9. The summed E-state index contributed by atoms with van der Waals surface area (Å²) >= 11 is 0. The summed E-state index contributed by atoms with van der Waals surface area (Å²) in [7, 11) is -2.90. The van der Waals surface area contributed by atoms with Crippen LogP contribution in [0.15, 0.2) is 33.9 Å². The Kier molecular flexibility index (Phi) is 2.95. The lowest BCUT2D eigenvalue weighted by Gasteiger charge is -1.95. The van der Waals surface area contributed by atoms with Crippen molar-refractivity contribution in [2.45, 2.75) is 12.1 Å². The molecule has 6 nitrogen and oxygen atoms in total. The SMILES string of the molecule is COS(=O)(=O)c1nnc(-c2ccc(C)cc2)o1. The summed E-state index contributed by atoms with van der Waals surface area (Å²) in [5, 5.41) is 6.54. The first-order valence-corrected chi connectivity index (χ1v) is 6.15. The fourth-order valence-corrected chi connectivity index (χ4v) is 1.66. The van der Waals surface area contributed by atoms with E-state index in [2.05, 4.69) is 14.4 Å². The van der Waals surface area contributed by atoms with Gasteiger partial charge in [0.2, 0.25) is 5.89 Å². The van der Waals surface area contributed by atoms with E-state index in [0.29, 0.717) is 5.56 Å². The van der Waals surface area contributed by atoms with Gasteiger partial charge in [0.25, 0.3) is 0 Å². The van der Waals surface area contributed by atoms with Crippen LogP contribution in [0.4, 0.5) is 0 Å². The lowest BCUT2D eigenvalue weighted by molar-refractivity contribution is 0.354. The van der Waals surface area contributed by atoms with E-state index < -0.39 is 15.3 Å². The predicted molar refractivity (Wildman–Crippen MR) is 58.7 cm³/mol. The van der Waals surface area contributed by atoms with Crippen LogP contribution < -0.4 is 0 Å². The molecule has 0 saturated heterocycles. The lowest BCUT2D eigenvalue weighted by atomic mass is 10.1. The van der Waals surface area contributed by atoms with E-state index in [-0.39, 0.29) is 5.89 Å². The van der Waals surface area contributed by atoms with Crippen LogP contribution in [-0.4, -0.2) is 25.7 Å². The summed E-state index contributed by atoms with van der Waals surface area (Å²) in [4.78, 5) is 0. The average Bonchev–Trinajstić information content (AvgIpc) is 2.80. The zero-order valence-electron chi connectivity index (χ0n) is 9.25. The number of aryl methyl sites for hydroxylation is 1. The second kappa shape index (κ2) is 4.27. The molecule has 7 heteroatoms. The van der Waals surface area contributed by atoms with Crippen LogP contribution in [0.3, 0.4) is 0 Å². The third kappa shape index (κ3) is 2.34. The minimum absolute atomic E-state index is 0.139. The van der Waals surface area contributed by atoms with Gasteiger partial charge in [0.15, 0.2) is 0 Å². The van der Waals surface area contributed by atoms with Crippen LogP contribution in [0.2, 0.25) is 0 Å². The number of hydrogen-bond acceptors (Lipinski definition) is 6. The van der Waals surface area contributed by atoms with Gasteiger partial charge in [-0.1, -0.05) is 22.8 Å².